The van der Waals surface area contributed by atoms with Gasteiger partial charge in [-0.1, -0.05) is 42.5 Å². The monoisotopic (exact) mass is 370 g/mol. The van der Waals surface area contributed by atoms with Crippen molar-refractivity contribution in [3.63, 3.8) is 0 Å². The standard InChI is InChI=1S/C23H18N2OS/c1-2-9-25-14-18-11-22(26)19(17-8-10-27-15-17)12-20(18)23(21(25)13-24)16-6-4-3-5-7-16/h2-8,10,12,14-15,19H,1,9,11H2. The molecule has 1 aromatic heterocycles. The van der Waals surface area contributed by atoms with Crippen LogP contribution in [0.25, 0.3) is 5.57 Å². The number of carbonyl (C=O) groups excluding carboxylic acids is 1. The first-order valence-corrected chi connectivity index (χ1v) is 9.72. The van der Waals surface area contributed by atoms with Gasteiger partial charge in [-0.25, -0.2) is 0 Å². The topological polar surface area (TPSA) is 44.1 Å². The lowest BCUT2D eigenvalue weighted by molar-refractivity contribution is -0.119. The van der Waals surface area contributed by atoms with Gasteiger partial charge in [0.15, 0.2) is 0 Å². The summed E-state index contributed by atoms with van der Waals surface area (Å²) in [5.74, 6) is -0.0669. The fraction of sp³-hybridized carbons (Fsp3) is 0.130. The number of carbonyl (C=O) groups is 1. The molecule has 1 atom stereocenters. The summed E-state index contributed by atoms with van der Waals surface area (Å²) < 4.78 is 0. The van der Waals surface area contributed by atoms with Gasteiger partial charge in [0, 0.05) is 24.7 Å². The molecule has 0 spiro atoms. The molecule has 4 heteroatoms. The van der Waals surface area contributed by atoms with E-state index in [1.165, 1.54) is 0 Å². The summed E-state index contributed by atoms with van der Waals surface area (Å²) in [6.45, 7) is 4.33. The zero-order valence-electron chi connectivity index (χ0n) is 14.8. The highest BCUT2D eigenvalue weighted by molar-refractivity contribution is 7.08. The second-order valence-corrected chi connectivity index (χ2v) is 7.33. The maximum absolute atomic E-state index is 12.8. The number of benzene rings is 1. The van der Waals surface area contributed by atoms with Crippen LogP contribution in [0.2, 0.25) is 0 Å². The number of thiophene rings is 1. The van der Waals surface area contributed by atoms with Crippen LogP contribution < -0.4 is 0 Å². The fourth-order valence-electron chi connectivity index (χ4n) is 3.68. The second kappa shape index (κ2) is 7.22. The van der Waals surface area contributed by atoms with Gasteiger partial charge in [0.25, 0.3) is 0 Å². The number of allylic oxidation sites excluding steroid dienone is 5. The fourth-order valence-corrected chi connectivity index (χ4v) is 4.37. The highest BCUT2D eigenvalue weighted by Crippen LogP contribution is 2.43. The van der Waals surface area contributed by atoms with Crippen molar-refractivity contribution in [3.05, 3.63) is 100 Å². The van der Waals surface area contributed by atoms with Crippen LogP contribution in [0, 0.1) is 11.3 Å². The van der Waals surface area contributed by atoms with Crippen molar-refractivity contribution in [2.24, 2.45) is 0 Å². The number of nitrogens with zero attached hydrogens (tertiary/aromatic N) is 2. The predicted molar refractivity (Wildman–Crippen MR) is 109 cm³/mol. The maximum atomic E-state index is 12.8. The first-order chi connectivity index (χ1) is 13.2. The van der Waals surface area contributed by atoms with Crippen LogP contribution in [0.3, 0.4) is 0 Å². The molecule has 0 amide bonds. The molecule has 0 saturated heterocycles. The number of fused-ring (bicyclic) bond motifs is 1. The molecule has 0 N–H and O–H groups in total. The predicted octanol–water partition coefficient (Wildman–Crippen LogP) is 5.05. The first-order valence-electron chi connectivity index (χ1n) is 8.78. The molecule has 0 radical (unpaired) electrons. The smallest absolute Gasteiger partial charge is 0.148 e. The van der Waals surface area contributed by atoms with Gasteiger partial charge >= 0.3 is 0 Å². The molecule has 1 aromatic carbocycles. The summed E-state index contributed by atoms with van der Waals surface area (Å²) in [6.07, 6.45) is 6.10. The molecule has 132 valence electrons. The van der Waals surface area contributed by atoms with Gasteiger partial charge < -0.3 is 4.90 Å². The van der Waals surface area contributed by atoms with Crippen molar-refractivity contribution in [2.75, 3.05) is 6.54 Å². The van der Waals surface area contributed by atoms with E-state index in [0.717, 1.165) is 27.8 Å². The summed E-state index contributed by atoms with van der Waals surface area (Å²) in [5, 5.41) is 13.9. The van der Waals surface area contributed by atoms with Crippen molar-refractivity contribution >= 4 is 22.7 Å². The van der Waals surface area contributed by atoms with E-state index in [1.54, 1.807) is 17.4 Å². The molecule has 2 heterocycles. The minimum Gasteiger partial charge on any atom is -0.335 e. The largest absolute Gasteiger partial charge is 0.335 e. The van der Waals surface area contributed by atoms with Crippen molar-refractivity contribution in [1.29, 1.82) is 5.26 Å². The van der Waals surface area contributed by atoms with E-state index in [1.807, 2.05) is 64.3 Å². The minimum atomic E-state index is -0.256. The maximum Gasteiger partial charge on any atom is 0.148 e. The molecule has 2 aromatic rings. The lowest BCUT2D eigenvalue weighted by Gasteiger charge is -2.33. The lowest BCUT2D eigenvalue weighted by Crippen LogP contribution is -2.27. The van der Waals surface area contributed by atoms with Gasteiger partial charge in [-0.3, -0.25) is 4.79 Å². The van der Waals surface area contributed by atoms with Crippen LogP contribution >= 0.6 is 11.3 Å². The van der Waals surface area contributed by atoms with Gasteiger partial charge in [-0.05, 0) is 39.1 Å². The molecule has 1 aliphatic heterocycles. The molecule has 27 heavy (non-hydrogen) atoms. The number of hydrogen-bond acceptors (Lipinski definition) is 4. The van der Waals surface area contributed by atoms with Crippen LogP contribution in [0.1, 0.15) is 23.5 Å². The van der Waals surface area contributed by atoms with Gasteiger partial charge in [0.05, 0.1) is 5.92 Å². The van der Waals surface area contributed by atoms with Crippen LogP contribution in [-0.4, -0.2) is 17.2 Å². The Kier molecular flexibility index (Phi) is 4.62. The molecule has 3 nitrogen and oxygen atoms in total. The van der Waals surface area contributed by atoms with Crippen molar-refractivity contribution in [3.8, 4) is 6.07 Å². The highest BCUT2D eigenvalue weighted by atomic mass is 32.1. The van der Waals surface area contributed by atoms with Gasteiger partial charge in [-0.2, -0.15) is 16.6 Å². The van der Waals surface area contributed by atoms with Crippen LogP contribution in [0.5, 0.6) is 0 Å². The van der Waals surface area contributed by atoms with Crippen LogP contribution in [0.4, 0.5) is 0 Å². The zero-order chi connectivity index (χ0) is 18.8. The number of Topliss-reactive ketones (excluding diaryl/α,β-unsaturated/α-hetero) is 1. The third-order valence-corrected chi connectivity index (χ3v) is 5.59. The second-order valence-electron chi connectivity index (χ2n) is 6.55. The summed E-state index contributed by atoms with van der Waals surface area (Å²) in [4.78, 5) is 14.7. The van der Waals surface area contributed by atoms with Crippen LogP contribution in [0.15, 0.2) is 88.9 Å². The van der Waals surface area contributed by atoms with Gasteiger partial charge in [0.1, 0.15) is 17.5 Å². The summed E-state index contributed by atoms with van der Waals surface area (Å²) >= 11 is 1.59. The van der Waals surface area contributed by atoms with E-state index in [9.17, 15) is 10.1 Å². The number of hydrogen-bond donors (Lipinski definition) is 0. The van der Waals surface area contributed by atoms with Gasteiger partial charge in [0.2, 0.25) is 0 Å². The number of nitriles is 1. The quantitative estimate of drug-likeness (QED) is 0.707. The Morgan fingerprint density at radius 2 is 2.11 bits per heavy atom. The molecule has 2 aliphatic rings. The molecule has 0 fully saturated rings. The van der Waals surface area contributed by atoms with Crippen molar-refractivity contribution in [2.45, 2.75) is 12.3 Å². The molecule has 0 bridgehead atoms. The molecule has 0 saturated carbocycles. The van der Waals surface area contributed by atoms with Crippen molar-refractivity contribution in [1.82, 2.24) is 4.90 Å². The third-order valence-electron chi connectivity index (χ3n) is 4.89. The Balaban J connectivity index is 1.93. The number of ketones is 1. The summed E-state index contributed by atoms with van der Waals surface area (Å²) in [6, 6.07) is 14.3. The molecule has 4 rings (SSSR count). The molecular weight excluding hydrogens is 352 g/mol. The Hall–Kier alpha value is -3.16. The lowest BCUT2D eigenvalue weighted by atomic mass is 9.77. The third kappa shape index (κ3) is 3.07. The highest BCUT2D eigenvalue weighted by Gasteiger charge is 2.33. The Morgan fingerprint density at radius 3 is 2.78 bits per heavy atom. The summed E-state index contributed by atoms with van der Waals surface area (Å²) in [5.41, 5.74) is 5.45. The van der Waals surface area contributed by atoms with E-state index in [2.05, 4.69) is 12.6 Å². The Labute approximate surface area is 162 Å². The van der Waals surface area contributed by atoms with E-state index in [4.69, 9.17) is 0 Å². The van der Waals surface area contributed by atoms with E-state index < -0.39 is 0 Å². The Bertz CT molecular complexity index is 1020. The number of rotatable bonds is 4. The zero-order valence-corrected chi connectivity index (χ0v) is 15.6. The Morgan fingerprint density at radius 1 is 1.30 bits per heavy atom. The summed E-state index contributed by atoms with van der Waals surface area (Å²) in [7, 11) is 0. The van der Waals surface area contributed by atoms with E-state index in [-0.39, 0.29) is 11.7 Å². The molecular formula is C23H18N2OS. The molecule has 1 aliphatic carbocycles. The van der Waals surface area contributed by atoms with Crippen LogP contribution in [-0.2, 0) is 4.79 Å². The van der Waals surface area contributed by atoms with E-state index >= 15 is 0 Å². The van der Waals surface area contributed by atoms with Crippen molar-refractivity contribution < 1.29 is 4.79 Å². The van der Waals surface area contributed by atoms with E-state index in [0.29, 0.717) is 18.7 Å². The average molecular weight is 370 g/mol. The first kappa shape index (κ1) is 17.3. The minimum absolute atomic E-state index is 0.190. The average Bonchev–Trinajstić information content (AvgIpc) is 3.22. The molecule has 1 unspecified atom stereocenters. The van der Waals surface area contributed by atoms with Gasteiger partial charge in [-0.15, -0.1) is 6.58 Å². The normalized spacial score (nSPS) is 19.1. The SMILES string of the molecule is C=CCN1C=C2CC(=O)C(c3ccsc3)C=C2C(c2ccccc2)=C1C#N.